The van der Waals surface area contributed by atoms with E-state index < -0.39 is 5.60 Å². The molecular formula is C6H11IO3. The molecule has 0 N–H and O–H groups in total. The van der Waals surface area contributed by atoms with Crippen LogP contribution in [0.5, 0.6) is 0 Å². The Morgan fingerprint density at radius 2 is 2.00 bits per heavy atom. The summed E-state index contributed by atoms with van der Waals surface area (Å²) in [6, 6.07) is 0. The first-order valence-corrected chi connectivity index (χ1v) is 3.79. The average molecular weight is 258 g/mol. The highest BCUT2D eigenvalue weighted by atomic mass is 127. The molecular weight excluding hydrogens is 247 g/mol. The molecule has 0 aromatic rings. The Hall–Kier alpha value is 0.160. The lowest BCUT2D eigenvalue weighted by Gasteiger charge is -2.18. The molecule has 0 fully saturated rings. The van der Waals surface area contributed by atoms with Gasteiger partial charge in [0.05, 0.1) is 0 Å². The second-order valence-corrected chi connectivity index (χ2v) is 3.46. The van der Waals surface area contributed by atoms with Gasteiger partial charge in [0.2, 0.25) is 0 Å². The first-order chi connectivity index (χ1) is 4.45. The molecule has 10 heavy (non-hydrogen) atoms. The lowest BCUT2D eigenvalue weighted by molar-refractivity contribution is -0.156. The fourth-order valence-corrected chi connectivity index (χ4v) is 0.670. The topological polar surface area (TPSA) is 35.5 Å². The summed E-state index contributed by atoms with van der Waals surface area (Å²) in [6.45, 7) is 5.46. The molecule has 0 atom stereocenters. The van der Waals surface area contributed by atoms with E-state index in [0.717, 1.165) is 0 Å². The van der Waals surface area contributed by atoms with Gasteiger partial charge in [0.1, 0.15) is 28.6 Å². The van der Waals surface area contributed by atoms with Gasteiger partial charge in [-0.15, -0.1) is 0 Å². The van der Waals surface area contributed by atoms with Crippen LogP contribution in [0.3, 0.4) is 0 Å². The first kappa shape index (κ1) is 10.2. The summed E-state index contributed by atoms with van der Waals surface area (Å²) >= 11 is 1.65. The van der Waals surface area contributed by atoms with Gasteiger partial charge in [-0.3, -0.25) is 0 Å². The zero-order valence-electron chi connectivity index (χ0n) is 6.31. The largest absolute Gasteiger partial charge is 0.458 e. The van der Waals surface area contributed by atoms with Gasteiger partial charge in [0.25, 0.3) is 0 Å². The Labute approximate surface area is 74.8 Å². The highest BCUT2D eigenvalue weighted by Crippen LogP contribution is 2.06. The summed E-state index contributed by atoms with van der Waals surface area (Å²) in [4.78, 5) is 10.7. The predicted molar refractivity (Wildman–Crippen MR) is 45.8 cm³/mol. The van der Waals surface area contributed by atoms with Gasteiger partial charge >= 0.3 is 5.97 Å². The number of ether oxygens (including phenoxy) is 1. The van der Waals surface area contributed by atoms with E-state index in [1.165, 1.54) is 0 Å². The van der Waals surface area contributed by atoms with Crippen LogP contribution in [-0.4, -0.2) is 18.2 Å². The van der Waals surface area contributed by atoms with E-state index in [1.54, 1.807) is 23.0 Å². The third-order valence-corrected chi connectivity index (χ3v) is 0.904. The summed E-state index contributed by atoms with van der Waals surface area (Å²) < 4.78 is 9.45. The van der Waals surface area contributed by atoms with Crippen molar-refractivity contribution in [2.75, 3.05) is 6.61 Å². The van der Waals surface area contributed by atoms with Crippen molar-refractivity contribution >= 4 is 29.0 Å². The van der Waals surface area contributed by atoms with Crippen LogP contribution in [-0.2, 0) is 12.6 Å². The van der Waals surface area contributed by atoms with Gasteiger partial charge in [0.15, 0.2) is 6.61 Å². The molecule has 0 aliphatic carbocycles. The summed E-state index contributed by atoms with van der Waals surface area (Å²) in [6.07, 6.45) is 0. The average Bonchev–Trinajstić information content (AvgIpc) is 1.59. The quantitative estimate of drug-likeness (QED) is 0.558. The molecule has 0 spiro atoms. The first-order valence-electron chi connectivity index (χ1n) is 2.91. The van der Waals surface area contributed by atoms with Crippen LogP contribution in [0, 0.1) is 0 Å². The number of esters is 1. The van der Waals surface area contributed by atoms with Crippen molar-refractivity contribution in [2.45, 2.75) is 26.4 Å². The molecule has 0 radical (unpaired) electrons. The Bertz CT molecular complexity index is 117. The number of hydrogen-bond donors (Lipinski definition) is 0. The van der Waals surface area contributed by atoms with Crippen LogP contribution in [0.4, 0.5) is 0 Å². The van der Waals surface area contributed by atoms with E-state index >= 15 is 0 Å². The molecule has 0 bridgehead atoms. The number of carbonyl (C=O) groups excluding carboxylic acids is 1. The van der Waals surface area contributed by atoms with E-state index in [-0.39, 0.29) is 12.6 Å². The van der Waals surface area contributed by atoms with Crippen LogP contribution in [0.25, 0.3) is 0 Å². The van der Waals surface area contributed by atoms with Gasteiger partial charge in [-0.2, -0.15) is 0 Å². The highest BCUT2D eigenvalue weighted by molar-refractivity contribution is 14.1. The second kappa shape index (κ2) is 4.12. The molecule has 3 nitrogen and oxygen atoms in total. The maximum Gasteiger partial charge on any atom is 0.333 e. The molecule has 60 valence electrons. The monoisotopic (exact) mass is 258 g/mol. The number of carbonyl (C=O) groups is 1. The standard InChI is InChI=1S/C6H11IO3/c1-6(2,3)10-5(8)4-9-7/h4H2,1-3H3. The van der Waals surface area contributed by atoms with Gasteiger partial charge in [0, 0.05) is 0 Å². The van der Waals surface area contributed by atoms with Crippen molar-refractivity contribution in [3.8, 4) is 0 Å². The molecule has 0 unspecified atom stereocenters. The Morgan fingerprint density at radius 3 is 2.30 bits per heavy atom. The minimum atomic E-state index is -0.410. The molecule has 0 aliphatic rings. The van der Waals surface area contributed by atoms with Gasteiger partial charge in [-0.1, -0.05) is 0 Å². The number of rotatable bonds is 2. The van der Waals surface area contributed by atoms with Crippen LogP contribution in [0.15, 0.2) is 0 Å². The van der Waals surface area contributed by atoms with Crippen LogP contribution in [0.1, 0.15) is 20.8 Å². The van der Waals surface area contributed by atoms with Gasteiger partial charge in [-0.25, -0.2) is 4.79 Å². The maximum absolute atomic E-state index is 10.7. The van der Waals surface area contributed by atoms with Crippen LogP contribution >= 0.6 is 23.0 Å². The smallest absolute Gasteiger partial charge is 0.333 e. The van der Waals surface area contributed by atoms with Crippen molar-refractivity contribution in [1.29, 1.82) is 0 Å². The molecule has 0 amide bonds. The summed E-state index contributed by atoms with van der Waals surface area (Å²) in [5, 5.41) is 0. The zero-order chi connectivity index (χ0) is 8.20. The van der Waals surface area contributed by atoms with Gasteiger partial charge < -0.3 is 7.80 Å². The number of halogens is 1. The molecule has 0 aromatic carbocycles. The summed E-state index contributed by atoms with van der Waals surface area (Å²) in [5.41, 5.74) is -0.410. The Balaban J connectivity index is 3.58. The van der Waals surface area contributed by atoms with Crippen LogP contribution < -0.4 is 0 Å². The van der Waals surface area contributed by atoms with E-state index in [9.17, 15) is 4.79 Å². The lowest BCUT2D eigenvalue weighted by Crippen LogP contribution is -2.25. The van der Waals surface area contributed by atoms with Crippen molar-refractivity contribution in [3.05, 3.63) is 0 Å². The van der Waals surface area contributed by atoms with E-state index in [0.29, 0.717) is 0 Å². The van der Waals surface area contributed by atoms with E-state index in [4.69, 9.17) is 4.74 Å². The van der Waals surface area contributed by atoms with Crippen LogP contribution in [0.2, 0.25) is 0 Å². The van der Waals surface area contributed by atoms with Crippen molar-refractivity contribution in [3.63, 3.8) is 0 Å². The lowest BCUT2D eigenvalue weighted by atomic mass is 10.2. The molecule has 0 rings (SSSR count). The molecule has 4 heteroatoms. The fourth-order valence-electron chi connectivity index (χ4n) is 0.416. The SMILES string of the molecule is CC(C)(C)OC(=O)COI. The molecule has 0 heterocycles. The molecule has 0 aromatic heterocycles. The molecule has 0 aliphatic heterocycles. The van der Waals surface area contributed by atoms with Crippen molar-refractivity contribution in [1.82, 2.24) is 0 Å². The normalized spacial score (nSPS) is 11.2. The molecule has 0 saturated carbocycles. The molecule has 0 saturated heterocycles. The Morgan fingerprint density at radius 1 is 1.50 bits per heavy atom. The Kier molecular flexibility index (Phi) is 4.19. The summed E-state index contributed by atoms with van der Waals surface area (Å²) in [5.74, 6) is -0.332. The summed E-state index contributed by atoms with van der Waals surface area (Å²) in [7, 11) is 0. The maximum atomic E-state index is 10.7. The minimum Gasteiger partial charge on any atom is -0.458 e. The van der Waals surface area contributed by atoms with Crippen molar-refractivity contribution in [2.24, 2.45) is 0 Å². The second-order valence-electron chi connectivity index (χ2n) is 2.84. The zero-order valence-corrected chi connectivity index (χ0v) is 8.47. The third kappa shape index (κ3) is 6.28. The fraction of sp³-hybridized carbons (Fsp3) is 0.833. The predicted octanol–water partition coefficient (Wildman–Crippen LogP) is 1.69. The van der Waals surface area contributed by atoms with Crippen molar-refractivity contribution < 1.29 is 12.6 Å². The van der Waals surface area contributed by atoms with E-state index in [2.05, 4.69) is 3.07 Å². The van der Waals surface area contributed by atoms with Gasteiger partial charge in [-0.05, 0) is 20.8 Å². The highest BCUT2D eigenvalue weighted by Gasteiger charge is 2.15. The minimum absolute atomic E-state index is 0.0117. The third-order valence-electron chi connectivity index (χ3n) is 0.592. The number of hydrogen-bond acceptors (Lipinski definition) is 3. The van der Waals surface area contributed by atoms with E-state index in [1.807, 2.05) is 20.8 Å².